The molecule has 0 fully saturated rings. The number of methoxy groups -OCH3 is 1. The molecule has 0 radical (unpaired) electrons. The van der Waals surface area contributed by atoms with Gasteiger partial charge in [-0.2, -0.15) is 0 Å². The molecular formula is C14H17NO5S. The zero-order valence-electron chi connectivity index (χ0n) is 11.6. The predicted molar refractivity (Wildman–Crippen MR) is 78.8 cm³/mol. The molecule has 0 spiro atoms. The molecule has 1 aromatic rings. The minimum atomic E-state index is -1.26. The average molecular weight is 311 g/mol. The molecule has 0 bridgehead atoms. The highest BCUT2D eigenvalue weighted by Gasteiger charge is 2.23. The van der Waals surface area contributed by atoms with Crippen LogP contribution in [-0.4, -0.2) is 41.9 Å². The number of hydrogen-bond donors (Lipinski definition) is 2. The van der Waals surface area contributed by atoms with Gasteiger partial charge in [-0.25, -0.2) is 4.79 Å². The monoisotopic (exact) mass is 311 g/mol. The van der Waals surface area contributed by atoms with E-state index < -0.39 is 23.9 Å². The summed E-state index contributed by atoms with van der Waals surface area (Å²) in [5.74, 6) is -1.59. The van der Waals surface area contributed by atoms with Crippen molar-refractivity contribution in [1.29, 1.82) is 0 Å². The Hall–Kier alpha value is -2.02. The molecule has 1 amide bonds. The molecule has 114 valence electrons. The van der Waals surface area contributed by atoms with E-state index in [-0.39, 0.29) is 12.2 Å². The average Bonchev–Trinajstić information content (AvgIpc) is 2.47. The Bertz CT molecular complexity index is 491. The maximum absolute atomic E-state index is 11.7. The van der Waals surface area contributed by atoms with Gasteiger partial charge in [0.2, 0.25) is 5.91 Å². The van der Waals surface area contributed by atoms with Crippen LogP contribution < -0.4 is 5.32 Å². The minimum Gasteiger partial charge on any atom is -0.480 e. The quantitative estimate of drug-likeness (QED) is 0.697. The fourth-order valence-electron chi connectivity index (χ4n) is 1.52. The van der Waals surface area contributed by atoms with E-state index in [1.807, 2.05) is 30.3 Å². The van der Waals surface area contributed by atoms with Crippen molar-refractivity contribution < 1.29 is 24.2 Å². The number of carbonyl (C=O) groups is 3. The van der Waals surface area contributed by atoms with Crippen molar-refractivity contribution in [3.05, 3.63) is 35.9 Å². The van der Waals surface area contributed by atoms with Crippen molar-refractivity contribution in [3.8, 4) is 0 Å². The first-order chi connectivity index (χ1) is 10.0. The summed E-state index contributed by atoms with van der Waals surface area (Å²) < 4.78 is 4.39. The topological polar surface area (TPSA) is 92.7 Å². The van der Waals surface area contributed by atoms with Crippen molar-refractivity contribution in [2.24, 2.45) is 0 Å². The van der Waals surface area contributed by atoms with E-state index in [1.165, 1.54) is 18.9 Å². The number of amides is 1. The molecule has 0 unspecified atom stereocenters. The summed E-state index contributed by atoms with van der Waals surface area (Å²) >= 11 is 1.37. The zero-order chi connectivity index (χ0) is 15.7. The third kappa shape index (κ3) is 6.80. The van der Waals surface area contributed by atoms with Gasteiger partial charge in [0.15, 0.2) is 0 Å². The normalized spacial score (nSPS) is 11.5. The second-order valence-corrected chi connectivity index (χ2v) is 5.20. The second kappa shape index (κ2) is 9.02. The van der Waals surface area contributed by atoms with Crippen LogP contribution in [0.2, 0.25) is 0 Å². The summed E-state index contributed by atoms with van der Waals surface area (Å²) in [4.78, 5) is 33.7. The Morgan fingerprint density at radius 2 is 1.95 bits per heavy atom. The van der Waals surface area contributed by atoms with E-state index in [0.29, 0.717) is 5.75 Å². The summed E-state index contributed by atoms with van der Waals surface area (Å²) in [5.41, 5.74) is 1.08. The van der Waals surface area contributed by atoms with E-state index in [0.717, 1.165) is 5.56 Å². The van der Waals surface area contributed by atoms with Gasteiger partial charge >= 0.3 is 11.9 Å². The van der Waals surface area contributed by atoms with Gasteiger partial charge in [0.1, 0.15) is 6.04 Å². The highest BCUT2D eigenvalue weighted by atomic mass is 32.2. The van der Waals surface area contributed by atoms with Gasteiger partial charge in [-0.1, -0.05) is 30.3 Å². The lowest BCUT2D eigenvalue weighted by molar-refractivity contribution is -0.148. The van der Waals surface area contributed by atoms with E-state index >= 15 is 0 Å². The van der Waals surface area contributed by atoms with E-state index in [9.17, 15) is 14.4 Å². The van der Waals surface area contributed by atoms with Gasteiger partial charge < -0.3 is 15.2 Å². The van der Waals surface area contributed by atoms with Crippen LogP contribution in [0.4, 0.5) is 0 Å². The van der Waals surface area contributed by atoms with Crippen LogP contribution in [0.1, 0.15) is 12.0 Å². The molecule has 0 saturated carbocycles. The third-order valence-electron chi connectivity index (χ3n) is 2.58. The Labute approximate surface area is 126 Å². The number of esters is 1. The fourth-order valence-corrected chi connectivity index (χ4v) is 2.32. The standard InChI is InChI=1S/C14H17NO5S/c1-20-13(17)7-11(14(18)19)15-12(16)9-21-8-10-5-3-2-4-6-10/h2-6,11H,7-9H2,1H3,(H,15,16)(H,18,19)/t11-/m0/s1. The van der Waals surface area contributed by atoms with Gasteiger partial charge in [-0.15, -0.1) is 11.8 Å². The molecule has 0 saturated heterocycles. The second-order valence-electron chi connectivity index (χ2n) is 4.22. The summed E-state index contributed by atoms with van der Waals surface area (Å²) in [6.07, 6.45) is -0.388. The van der Waals surface area contributed by atoms with Gasteiger partial charge in [0, 0.05) is 5.75 Å². The minimum absolute atomic E-state index is 0.125. The number of carbonyl (C=O) groups excluding carboxylic acids is 2. The Balaban J connectivity index is 2.36. The molecule has 0 aliphatic heterocycles. The molecule has 0 aliphatic rings. The number of nitrogens with one attached hydrogen (secondary N) is 1. The van der Waals surface area contributed by atoms with Crippen LogP contribution in [0.15, 0.2) is 30.3 Å². The highest BCUT2D eigenvalue weighted by molar-refractivity contribution is 7.99. The molecule has 1 aromatic carbocycles. The van der Waals surface area contributed by atoms with Crippen LogP contribution in [0.5, 0.6) is 0 Å². The molecule has 2 N–H and O–H groups in total. The van der Waals surface area contributed by atoms with Crippen LogP contribution in [0, 0.1) is 0 Å². The Morgan fingerprint density at radius 3 is 2.52 bits per heavy atom. The van der Waals surface area contributed by atoms with Crippen molar-refractivity contribution in [1.82, 2.24) is 5.32 Å². The summed E-state index contributed by atoms with van der Waals surface area (Å²) in [6, 6.07) is 8.36. The number of carboxylic acid groups (broad SMARTS) is 1. The van der Waals surface area contributed by atoms with E-state index in [1.54, 1.807) is 0 Å². The van der Waals surface area contributed by atoms with Gasteiger partial charge in [-0.05, 0) is 5.56 Å². The number of hydrogen-bond acceptors (Lipinski definition) is 5. The first-order valence-corrected chi connectivity index (χ1v) is 7.39. The molecule has 0 heterocycles. The summed E-state index contributed by atoms with van der Waals surface area (Å²) in [6.45, 7) is 0. The maximum atomic E-state index is 11.7. The Morgan fingerprint density at radius 1 is 1.29 bits per heavy atom. The van der Waals surface area contributed by atoms with Crippen molar-refractivity contribution in [2.45, 2.75) is 18.2 Å². The molecule has 0 aliphatic carbocycles. The largest absolute Gasteiger partial charge is 0.480 e. The molecule has 6 nitrogen and oxygen atoms in total. The fraction of sp³-hybridized carbons (Fsp3) is 0.357. The lowest BCUT2D eigenvalue weighted by Gasteiger charge is -2.13. The molecule has 7 heteroatoms. The first kappa shape index (κ1) is 17.0. The highest BCUT2D eigenvalue weighted by Crippen LogP contribution is 2.11. The van der Waals surface area contributed by atoms with E-state index in [4.69, 9.17) is 5.11 Å². The van der Waals surface area contributed by atoms with Crippen LogP contribution in [-0.2, 0) is 24.9 Å². The van der Waals surface area contributed by atoms with Gasteiger partial charge in [0.25, 0.3) is 0 Å². The summed E-state index contributed by atoms with van der Waals surface area (Å²) in [5, 5.41) is 11.2. The molecule has 21 heavy (non-hydrogen) atoms. The number of thioether (sulfide) groups is 1. The molecule has 1 atom stereocenters. The van der Waals surface area contributed by atoms with Crippen molar-refractivity contribution in [3.63, 3.8) is 0 Å². The lowest BCUT2D eigenvalue weighted by atomic mass is 10.2. The third-order valence-corrected chi connectivity index (χ3v) is 3.58. The van der Waals surface area contributed by atoms with Crippen LogP contribution in [0.25, 0.3) is 0 Å². The number of rotatable bonds is 8. The van der Waals surface area contributed by atoms with Crippen LogP contribution in [0.3, 0.4) is 0 Å². The van der Waals surface area contributed by atoms with Gasteiger partial charge in [-0.3, -0.25) is 9.59 Å². The lowest BCUT2D eigenvalue weighted by Crippen LogP contribution is -2.43. The zero-order valence-corrected chi connectivity index (χ0v) is 12.4. The molecular weight excluding hydrogens is 294 g/mol. The first-order valence-electron chi connectivity index (χ1n) is 6.23. The van der Waals surface area contributed by atoms with Crippen molar-refractivity contribution >= 4 is 29.6 Å². The van der Waals surface area contributed by atoms with Gasteiger partial charge in [0.05, 0.1) is 19.3 Å². The number of ether oxygens (including phenoxy) is 1. The smallest absolute Gasteiger partial charge is 0.326 e. The number of aliphatic carboxylic acids is 1. The SMILES string of the molecule is COC(=O)C[C@H](NC(=O)CSCc1ccccc1)C(=O)O. The molecule has 0 aromatic heterocycles. The van der Waals surface area contributed by atoms with Crippen molar-refractivity contribution in [2.75, 3.05) is 12.9 Å². The number of benzene rings is 1. The predicted octanol–water partition coefficient (Wildman–Crippen LogP) is 1.05. The van der Waals surface area contributed by atoms with Crippen LogP contribution >= 0.6 is 11.8 Å². The Kier molecular flexibility index (Phi) is 7.31. The maximum Gasteiger partial charge on any atom is 0.326 e. The number of carboxylic acids is 1. The van der Waals surface area contributed by atoms with E-state index in [2.05, 4.69) is 10.1 Å². The summed E-state index contributed by atoms with van der Waals surface area (Å²) in [7, 11) is 1.17. The molecule has 1 rings (SSSR count).